The Morgan fingerprint density at radius 1 is 1.11 bits per heavy atom. The number of allylic oxidation sites excluding steroid dienone is 1. The van der Waals surface area contributed by atoms with Gasteiger partial charge in [-0.1, -0.05) is 48.5 Å². The molecule has 0 saturated carbocycles. The van der Waals surface area contributed by atoms with Crippen molar-refractivity contribution < 1.29 is 24.2 Å². The van der Waals surface area contributed by atoms with Gasteiger partial charge in [0.05, 0.1) is 5.52 Å². The number of aromatic nitrogens is 1. The lowest BCUT2D eigenvalue weighted by Gasteiger charge is -2.36. The van der Waals surface area contributed by atoms with Crippen LogP contribution in [0.1, 0.15) is 48.5 Å². The van der Waals surface area contributed by atoms with Crippen LogP contribution in [0.2, 0.25) is 0 Å². The van der Waals surface area contributed by atoms with Gasteiger partial charge in [-0.15, -0.1) is 0 Å². The summed E-state index contributed by atoms with van der Waals surface area (Å²) in [5.41, 5.74) is 2.74. The van der Waals surface area contributed by atoms with E-state index in [9.17, 15) is 14.7 Å². The molecule has 184 valence electrons. The molecule has 0 radical (unpaired) electrons. The summed E-state index contributed by atoms with van der Waals surface area (Å²) >= 11 is 0. The molecular weight excluding hydrogens is 444 g/mol. The molecule has 0 aliphatic carbocycles. The van der Waals surface area contributed by atoms with Crippen molar-refractivity contribution in [3.63, 3.8) is 0 Å². The number of rotatable bonds is 9. The zero-order chi connectivity index (χ0) is 24.8. The average molecular weight is 477 g/mol. The fraction of sp³-hybridized carbons (Fsp3) is 0.357. The van der Waals surface area contributed by atoms with Gasteiger partial charge in [0.15, 0.2) is 5.76 Å². The second-order valence-electron chi connectivity index (χ2n) is 8.69. The summed E-state index contributed by atoms with van der Waals surface area (Å²) in [6.07, 6.45) is 4.25. The van der Waals surface area contributed by atoms with Crippen molar-refractivity contribution in [3.05, 3.63) is 83.8 Å². The summed E-state index contributed by atoms with van der Waals surface area (Å²) in [4.78, 5) is 25.5. The van der Waals surface area contributed by atoms with Crippen molar-refractivity contribution >= 4 is 22.7 Å². The van der Waals surface area contributed by atoms with E-state index in [1.54, 1.807) is 4.57 Å². The maximum absolute atomic E-state index is 13.1. The van der Waals surface area contributed by atoms with E-state index in [0.717, 1.165) is 22.0 Å². The highest BCUT2D eigenvalue weighted by molar-refractivity contribution is 5.95. The largest absolute Gasteiger partial charge is 0.459 e. The molecule has 7 heteroatoms. The van der Waals surface area contributed by atoms with Crippen molar-refractivity contribution in [1.29, 1.82) is 0 Å². The summed E-state index contributed by atoms with van der Waals surface area (Å²) in [6, 6.07) is 17.4. The van der Waals surface area contributed by atoms with Gasteiger partial charge in [-0.05, 0) is 43.0 Å². The highest BCUT2D eigenvalue weighted by Gasteiger charge is 2.39. The van der Waals surface area contributed by atoms with E-state index >= 15 is 0 Å². The van der Waals surface area contributed by atoms with Crippen LogP contribution in [0.5, 0.6) is 0 Å². The monoisotopic (exact) mass is 476 g/mol. The van der Waals surface area contributed by atoms with Crippen molar-refractivity contribution in [1.82, 2.24) is 9.88 Å². The molecule has 3 atom stereocenters. The van der Waals surface area contributed by atoms with Gasteiger partial charge in [0, 0.05) is 50.1 Å². The van der Waals surface area contributed by atoms with Crippen LogP contribution >= 0.6 is 0 Å². The van der Waals surface area contributed by atoms with E-state index < -0.39 is 6.29 Å². The second kappa shape index (κ2) is 11.3. The van der Waals surface area contributed by atoms with Crippen LogP contribution in [-0.2, 0) is 20.8 Å². The standard InChI is InChI=1S/C28H32N2O5/c1-3-34-28-22(13-9-15-31)23(24-18-30(19(2)32)25-14-8-7-12-21(24)25)16-26(35-28)27(33)29-17-20-10-5-4-6-11-20/h4-8,10-12,14,16,18,22-23,28,31H,3,9,13,15,17H2,1-2H3,(H,29,33)/t22-,23+,28-/m1/s1. The van der Waals surface area contributed by atoms with Gasteiger partial charge in [0.2, 0.25) is 12.2 Å². The first-order chi connectivity index (χ1) is 17.0. The number of aliphatic hydroxyl groups excluding tert-OH is 1. The van der Waals surface area contributed by atoms with Crippen LogP contribution in [0.15, 0.2) is 72.6 Å². The Labute approximate surface area is 205 Å². The molecule has 1 aliphatic rings. The molecule has 2 heterocycles. The lowest BCUT2D eigenvalue weighted by Crippen LogP contribution is -2.39. The number of nitrogens with one attached hydrogen (secondary N) is 1. The maximum Gasteiger partial charge on any atom is 0.286 e. The van der Waals surface area contributed by atoms with Gasteiger partial charge in [-0.2, -0.15) is 0 Å². The van der Waals surface area contributed by atoms with Gasteiger partial charge in [0.1, 0.15) is 0 Å². The first kappa shape index (κ1) is 24.7. The Morgan fingerprint density at radius 2 is 1.86 bits per heavy atom. The predicted octanol–water partition coefficient (Wildman–Crippen LogP) is 4.37. The van der Waals surface area contributed by atoms with Gasteiger partial charge in [0.25, 0.3) is 5.91 Å². The van der Waals surface area contributed by atoms with Gasteiger partial charge < -0.3 is 19.9 Å². The highest BCUT2D eigenvalue weighted by Crippen LogP contribution is 2.42. The number of hydrogen-bond donors (Lipinski definition) is 2. The van der Waals surface area contributed by atoms with E-state index in [0.29, 0.717) is 26.0 Å². The molecule has 0 bridgehead atoms. The summed E-state index contributed by atoms with van der Waals surface area (Å²) in [6.45, 7) is 4.26. The van der Waals surface area contributed by atoms with Crippen LogP contribution in [0, 0.1) is 5.92 Å². The molecule has 35 heavy (non-hydrogen) atoms. The van der Waals surface area contributed by atoms with Crippen LogP contribution in [0.4, 0.5) is 0 Å². The van der Waals surface area contributed by atoms with Crippen molar-refractivity contribution in [3.8, 4) is 0 Å². The lowest BCUT2D eigenvalue weighted by molar-refractivity contribution is -0.166. The Bertz CT molecular complexity index is 1200. The number of para-hydroxylation sites is 1. The summed E-state index contributed by atoms with van der Waals surface area (Å²) < 4.78 is 13.7. The molecule has 2 N–H and O–H groups in total. The van der Waals surface area contributed by atoms with Crippen molar-refractivity contribution in [2.75, 3.05) is 13.2 Å². The third-order valence-corrected chi connectivity index (χ3v) is 6.37. The minimum absolute atomic E-state index is 0.0470. The first-order valence-electron chi connectivity index (χ1n) is 12.1. The summed E-state index contributed by atoms with van der Waals surface area (Å²) in [5.74, 6) is -0.588. The summed E-state index contributed by atoms with van der Waals surface area (Å²) in [5, 5.41) is 13.4. The number of ether oxygens (including phenoxy) is 2. The van der Waals surface area contributed by atoms with Crippen molar-refractivity contribution in [2.24, 2.45) is 5.92 Å². The van der Waals surface area contributed by atoms with Crippen molar-refractivity contribution in [2.45, 2.75) is 45.4 Å². The molecular formula is C28H32N2O5. The Hall–Kier alpha value is -3.42. The topological polar surface area (TPSA) is 89.8 Å². The van der Waals surface area contributed by atoms with E-state index in [1.165, 1.54) is 6.92 Å². The Kier molecular flexibility index (Phi) is 8.00. The number of carbonyl (C=O) groups is 2. The fourth-order valence-corrected chi connectivity index (χ4v) is 4.72. The fourth-order valence-electron chi connectivity index (χ4n) is 4.72. The lowest BCUT2D eigenvalue weighted by atomic mass is 9.80. The molecule has 1 aliphatic heterocycles. The van der Waals surface area contributed by atoms with Crippen LogP contribution in [-0.4, -0.2) is 41.0 Å². The number of benzene rings is 2. The van der Waals surface area contributed by atoms with Gasteiger partial charge in [-0.25, -0.2) is 0 Å². The maximum atomic E-state index is 13.1. The highest BCUT2D eigenvalue weighted by atomic mass is 16.7. The normalized spacial score (nSPS) is 19.7. The van der Waals surface area contributed by atoms with E-state index in [1.807, 2.05) is 73.8 Å². The molecule has 3 aromatic rings. The molecule has 4 rings (SSSR count). The molecule has 2 aromatic carbocycles. The molecule has 0 spiro atoms. The Morgan fingerprint density at radius 3 is 2.57 bits per heavy atom. The Balaban J connectivity index is 1.74. The molecule has 1 amide bonds. The average Bonchev–Trinajstić information content (AvgIpc) is 3.27. The van der Waals surface area contributed by atoms with Crippen LogP contribution < -0.4 is 5.32 Å². The SMILES string of the molecule is CCO[C@@H]1OC(C(=O)NCc2ccccc2)=C[C@H](c2cn(C(C)=O)c3ccccc23)[C@H]1CCCO. The number of aliphatic hydroxyl groups is 1. The van der Waals surface area contributed by atoms with E-state index in [4.69, 9.17) is 9.47 Å². The summed E-state index contributed by atoms with van der Waals surface area (Å²) in [7, 11) is 0. The van der Waals surface area contributed by atoms with Gasteiger partial charge >= 0.3 is 0 Å². The minimum atomic E-state index is -0.654. The number of hydrogen-bond acceptors (Lipinski definition) is 5. The third kappa shape index (κ3) is 5.47. The smallest absolute Gasteiger partial charge is 0.286 e. The molecule has 7 nitrogen and oxygen atoms in total. The molecule has 0 unspecified atom stereocenters. The van der Waals surface area contributed by atoms with E-state index in [2.05, 4.69) is 5.32 Å². The zero-order valence-corrected chi connectivity index (χ0v) is 20.1. The van der Waals surface area contributed by atoms with Gasteiger partial charge in [-0.3, -0.25) is 14.2 Å². The number of fused-ring (bicyclic) bond motifs is 1. The number of nitrogens with zero attached hydrogens (tertiary/aromatic N) is 1. The minimum Gasteiger partial charge on any atom is -0.459 e. The predicted molar refractivity (Wildman–Crippen MR) is 134 cm³/mol. The number of carbonyl (C=O) groups excluding carboxylic acids is 2. The third-order valence-electron chi connectivity index (χ3n) is 6.37. The molecule has 1 aromatic heterocycles. The van der Waals surface area contributed by atoms with E-state index in [-0.39, 0.29) is 36.0 Å². The first-order valence-corrected chi connectivity index (χ1v) is 12.1. The molecule has 0 fully saturated rings. The second-order valence-corrected chi connectivity index (χ2v) is 8.69. The molecule has 0 saturated heterocycles. The zero-order valence-electron chi connectivity index (χ0n) is 20.1. The quantitative estimate of drug-likeness (QED) is 0.479. The van der Waals surface area contributed by atoms with Crippen LogP contribution in [0.25, 0.3) is 10.9 Å². The van der Waals surface area contributed by atoms with Crippen LogP contribution in [0.3, 0.4) is 0 Å². The number of amides is 1.